The van der Waals surface area contributed by atoms with Gasteiger partial charge in [-0.1, -0.05) is 19.1 Å². The van der Waals surface area contributed by atoms with Crippen molar-refractivity contribution in [3.63, 3.8) is 0 Å². The summed E-state index contributed by atoms with van der Waals surface area (Å²) in [4.78, 5) is 0. The van der Waals surface area contributed by atoms with Crippen LogP contribution in [0, 0.1) is 0 Å². The van der Waals surface area contributed by atoms with Crippen LogP contribution < -0.4 is 0 Å². The molecule has 0 aliphatic heterocycles. The Morgan fingerprint density at radius 2 is 2.11 bits per heavy atom. The van der Waals surface area contributed by atoms with Crippen molar-refractivity contribution in [1.29, 1.82) is 0 Å². The van der Waals surface area contributed by atoms with Gasteiger partial charge in [0.05, 0.1) is 7.11 Å². The Labute approximate surface area is 64.0 Å². The lowest BCUT2D eigenvalue weighted by Gasteiger charge is -2.00. The quantitative estimate of drug-likeness (QED) is 0.350. The summed E-state index contributed by atoms with van der Waals surface area (Å²) in [6, 6.07) is 1.45. The van der Waals surface area contributed by atoms with Gasteiger partial charge in [-0.05, 0) is 18.5 Å². The zero-order valence-electron chi connectivity index (χ0n) is 6.52. The van der Waals surface area contributed by atoms with E-state index in [9.17, 15) is 0 Å². The van der Waals surface area contributed by atoms with Gasteiger partial charge in [0.1, 0.15) is 0 Å². The van der Waals surface area contributed by atoms with E-state index in [0.29, 0.717) is 0 Å². The van der Waals surface area contributed by atoms with E-state index >= 15 is 0 Å². The van der Waals surface area contributed by atoms with Crippen LogP contribution in [0.4, 0.5) is 0 Å². The maximum absolute atomic E-state index is 4.86. The van der Waals surface area contributed by atoms with Gasteiger partial charge in [0, 0.05) is 14.5 Å². The minimum atomic E-state index is -0.282. The molecule has 0 bridgehead atoms. The molecule has 0 radical (unpaired) electrons. The Kier molecular flexibility index (Phi) is 7.03. The minimum absolute atomic E-state index is 0.282. The van der Waals surface area contributed by atoms with Crippen molar-refractivity contribution in [3.05, 3.63) is 0 Å². The summed E-state index contributed by atoms with van der Waals surface area (Å²) in [5.74, 6) is 1.17. The molecule has 0 N–H and O–H groups in total. The van der Waals surface area contributed by atoms with E-state index in [4.69, 9.17) is 4.18 Å². The molecule has 0 aromatic carbocycles. The highest BCUT2D eigenvalue weighted by Gasteiger charge is 1.94. The lowest BCUT2D eigenvalue weighted by molar-refractivity contribution is 0.489. The van der Waals surface area contributed by atoms with Crippen LogP contribution in [0.3, 0.4) is 0 Å². The third-order valence-corrected chi connectivity index (χ3v) is 3.38. The normalized spacial score (nSPS) is 10.7. The molecule has 56 valence electrons. The van der Waals surface area contributed by atoms with Crippen LogP contribution in [0.15, 0.2) is 0 Å². The van der Waals surface area contributed by atoms with E-state index in [1.54, 1.807) is 19.2 Å². The number of hydrogen-bond donors (Lipinski definition) is 0. The third-order valence-electron chi connectivity index (χ3n) is 1.13. The Bertz CT molecular complexity index is 59.0. The molecule has 1 nitrogen and oxygen atoms in total. The summed E-state index contributed by atoms with van der Waals surface area (Å²) in [7, 11) is 1.45. The van der Waals surface area contributed by atoms with E-state index in [-0.39, 0.29) is 8.80 Å². The summed E-state index contributed by atoms with van der Waals surface area (Å²) < 4.78 is 4.86. The van der Waals surface area contributed by atoms with Crippen LogP contribution >= 0.6 is 12.0 Å². The Morgan fingerprint density at radius 3 is 2.56 bits per heavy atom. The second-order valence-electron chi connectivity index (χ2n) is 2.52. The second-order valence-corrected chi connectivity index (χ2v) is 6.87. The molecule has 0 amide bonds. The van der Waals surface area contributed by atoms with Crippen LogP contribution in [0.5, 0.6) is 0 Å². The topological polar surface area (TPSA) is 9.23 Å². The molecule has 0 aromatic rings. The molecule has 0 unspecified atom stereocenters. The largest absolute Gasteiger partial charge is 0.319 e. The van der Waals surface area contributed by atoms with Crippen molar-refractivity contribution in [2.75, 3.05) is 12.9 Å². The van der Waals surface area contributed by atoms with Crippen LogP contribution in [0.25, 0.3) is 0 Å². The van der Waals surface area contributed by atoms with Gasteiger partial charge in [-0.15, -0.1) is 0 Å². The zero-order valence-corrected chi connectivity index (χ0v) is 8.49. The van der Waals surface area contributed by atoms with E-state index in [2.05, 4.69) is 13.1 Å². The standard InChI is InChI=1S/C6H16OSSi/c1-7-8-5-4-6-9(2)3/h9H,4-6H2,1-3H3. The fourth-order valence-electron chi connectivity index (χ4n) is 0.634. The number of hydrogen-bond acceptors (Lipinski definition) is 2. The van der Waals surface area contributed by atoms with Gasteiger partial charge in [-0.2, -0.15) is 0 Å². The lowest BCUT2D eigenvalue weighted by Crippen LogP contribution is -1.98. The number of rotatable bonds is 5. The van der Waals surface area contributed by atoms with Crippen molar-refractivity contribution in [2.45, 2.75) is 25.6 Å². The van der Waals surface area contributed by atoms with Crippen LogP contribution in [0.1, 0.15) is 6.42 Å². The van der Waals surface area contributed by atoms with Crippen LogP contribution in [-0.2, 0) is 4.18 Å². The molecule has 0 fully saturated rings. The molecule has 3 heteroatoms. The van der Waals surface area contributed by atoms with Gasteiger partial charge >= 0.3 is 0 Å². The van der Waals surface area contributed by atoms with E-state index in [1.165, 1.54) is 18.2 Å². The summed E-state index contributed by atoms with van der Waals surface area (Å²) in [6.45, 7) is 4.77. The average Bonchev–Trinajstić information content (AvgIpc) is 1.80. The maximum atomic E-state index is 4.86. The van der Waals surface area contributed by atoms with E-state index < -0.39 is 0 Å². The molecule has 0 atom stereocenters. The first-order valence-corrected chi connectivity index (χ1v) is 7.46. The molecule has 0 saturated heterocycles. The molecule has 0 aromatic heterocycles. The van der Waals surface area contributed by atoms with E-state index in [1.807, 2.05) is 0 Å². The summed E-state index contributed by atoms with van der Waals surface area (Å²) >= 11 is 1.57. The highest BCUT2D eigenvalue weighted by atomic mass is 32.2. The highest BCUT2D eigenvalue weighted by molar-refractivity contribution is 7.94. The van der Waals surface area contributed by atoms with Gasteiger partial charge in [-0.3, -0.25) is 0 Å². The molecule has 0 rings (SSSR count). The first-order valence-electron chi connectivity index (χ1n) is 3.43. The van der Waals surface area contributed by atoms with Crippen molar-refractivity contribution in [3.8, 4) is 0 Å². The Morgan fingerprint density at radius 1 is 1.44 bits per heavy atom. The summed E-state index contributed by atoms with van der Waals surface area (Å²) in [5, 5.41) is 0. The SMILES string of the molecule is COSCCC[SiH](C)C. The molecule has 0 saturated carbocycles. The van der Waals surface area contributed by atoms with E-state index in [0.717, 1.165) is 0 Å². The molecular weight excluding hydrogens is 148 g/mol. The molecule has 0 aliphatic rings. The van der Waals surface area contributed by atoms with Crippen LogP contribution in [0.2, 0.25) is 19.1 Å². The predicted octanol–water partition coefficient (Wildman–Crippen LogP) is 2.16. The van der Waals surface area contributed by atoms with Gasteiger partial charge in [0.25, 0.3) is 0 Å². The lowest BCUT2D eigenvalue weighted by atomic mass is 10.6. The maximum Gasteiger partial charge on any atom is 0.0503 e. The first kappa shape index (κ1) is 9.53. The van der Waals surface area contributed by atoms with Gasteiger partial charge in [0.15, 0.2) is 0 Å². The van der Waals surface area contributed by atoms with Crippen molar-refractivity contribution < 1.29 is 4.18 Å². The fourth-order valence-corrected chi connectivity index (χ4v) is 2.40. The zero-order chi connectivity index (χ0) is 7.11. The molecule has 9 heavy (non-hydrogen) atoms. The molecule has 0 spiro atoms. The molecule has 0 aliphatic carbocycles. The smallest absolute Gasteiger partial charge is 0.0503 e. The summed E-state index contributed by atoms with van der Waals surface area (Å²) in [6.07, 6.45) is 1.34. The Hall–Kier alpha value is 0.527. The third kappa shape index (κ3) is 8.53. The molecular formula is C6H16OSSi. The monoisotopic (exact) mass is 164 g/mol. The van der Waals surface area contributed by atoms with Crippen molar-refractivity contribution >= 4 is 20.8 Å². The predicted molar refractivity (Wildman–Crippen MR) is 47.8 cm³/mol. The second kappa shape index (κ2) is 6.64. The van der Waals surface area contributed by atoms with Gasteiger partial charge < -0.3 is 4.18 Å². The first-order chi connectivity index (χ1) is 4.27. The fraction of sp³-hybridized carbons (Fsp3) is 1.00. The average molecular weight is 164 g/mol. The minimum Gasteiger partial charge on any atom is -0.319 e. The molecule has 0 heterocycles. The van der Waals surface area contributed by atoms with Crippen molar-refractivity contribution in [2.24, 2.45) is 0 Å². The van der Waals surface area contributed by atoms with Gasteiger partial charge in [0.2, 0.25) is 0 Å². The van der Waals surface area contributed by atoms with Crippen molar-refractivity contribution in [1.82, 2.24) is 0 Å². The van der Waals surface area contributed by atoms with Crippen LogP contribution in [-0.4, -0.2) is 21.7 Å². The summed E-state index contributed by atoms with van der Waals surface area (Å²) in [5.41, 5.74) is 0. The van der Waals surface area contributed by atoms with Gasteiger partial charge in [-0.25, -0.2) is 0 Å². The highest BCUT2D eigenvalue weighted by Crippen LogP contribution is 2.06. The Balaban J connectivity index is 2.75.